The maximum atomic E-state index is 3.68. The highest BCUT2D eigenvalue weighted by Crippen LogP contribution is 2.29. The molecule has 0 aromatic heterocycles. The molecule has 0 aromatic carbocycles. The Labute approximate surface area is 90.8 Å². The van der Waals surface area contributed by atoms with Gasteiger partial charge in [0, 0.05) is 0 Å². The first-order chi connectivity index (χ1) is 6.61. The van der Waals surface area contributed by atoms with Crippen molar-refractivity contribution in [1.82, 2.24) is 0 Å². The van der Waals surface area contributed by atoms with Gasteiger partial charge in [-0.05, 0) is 24.2 Å². The van der Waals surface area contributed by atoms with E-state index in [0.29, 0.717) is 5.92 Å². The number of hydrogen-bond acceptors (Lipinski definition) is 0. The second-order valence-electron chi connectivity index (χ2n) is 4.89. The maximum Gasteiger partial charge on any atom is -0.0265 e. The van der Waals surface area contributed by atoms with Gasteiger partial charge >= 0.3 is 0 Å². The second kappa shape index (κ2) is 8.08. The second-order valence-corrected chi connectivity index (χ2v) is 4.89. The standard InChI is InChI=1S/2C7H14/c1-6-4-3-5-7(6)2;1-4-6-7(3)5-2/h6-7H,3-5H2,1-2H3;5,7H,2,4,6H2,1,3H3. The molecule has 3 unspecified atom stereocenters. The maximum absolute atomic E-state index is 3.68. The smallest absolute Gasteiger partial charge is 0.0265 e. The largest absolute Gasteiger partial charge is 0.103 e. The SMILES string of the molecule is C=CC(C)CCC.CC1CCCC1C. The molecule has 1 saturated carbocycles. The molecule has 0 aromatic rings. The van der Waals surface area contributed by atoms with E-state index in [4.69, 9.17) is 0 Å². The van der Waals surface area contributed by atoms with E-state index in [-0.39, 0.29) is 0 Å². The summed E-state index contributed by atoms with van der Waals surface area (Å²) in [6.07, 6.45) is 8.98. The van der Waals surface area contributed by atoms with Crippen LogP contribution in [0.5, 0.6) is 0 Å². The summed E-state index contributed by atoms with van der Waals surface area (Å²) in [5, 5.41) is 0. The fourth-order valence-electron chi connectivity index (χ4n) is 1.90. The quantitative estimate of drug-likeness (QED) is 0.554. The van der Waals surface area contributed by atoms with Crippen LogP contribution in [0.15, 0.2) is 12.7 Å². The minimum atomic E-state index is 0.713. The summed E-state index contributed by atoms with van der Waals surface area (Å²) in [7, 11) is 0. The van der Waals surface area contributed by atoms with Gasteiger partial charge in [0.05, 0.1) is 0 Å². The summed E-state index contributed by atoms with van der Waals surface area (Å²) in [6, 6.07) is 0. The predicted octanol–water partition coefficient (Wildman–Crippen LogP) is 5.05. The lowest BCUT2D eigenvalue weighted by molar-refractivity contribution is 0.457. The molecule has 1 aliphatic rings. The van der Waals surface area contributed by atoms with E-state index in [9.17, 15) is 0 Å². The van der Waals surface area contributed by atoms with Gasteiger partial charge in [0.25, 0.3) is 0 Å². The molecule has 14 heavy (non-hydrogen) atoms. The van der Waals surface area contributed by atoms with Gasteiger partial charge in [-0.1, -0.05) is 59.5 Å². The van der Waals surface area contributed by atoms with Gasteiger partial charge in [-0.3, -0.25) is 0 Å². The zero-order chi connectivity index (χ0) is 11.0. The summed E-state index contributed by atoms with van der Waals surface area (Å²) in [5.41, 5.74) is 0. The Hall–Kier alpha value is -0.260. The summed E-state index contributed by atoms with van der Waals surface area (Å²) < 4.78 is 0. The molecule has 1 aliphatic carbocycles. The van der Waals surface area contributed by atoms with E-state index < -0.39 is 0 Å². The molecule has 0 saturated heterocycles. The highest BCUT2D eigenvalue weighted by Gasteiger charge is 2.17. The van der Waals surface area contributed by atoms with Crippen molar-refractivity contribution in [3.8, 4) is 0 Å². The van der Waals surface area contributed by atoms with Crippen LogP contribution in [0.4, 0.5) is 0 Å². The highest BCUT2D eigenvalue weighted by atomic mass is 14.2. The zero-order valence-corrected chi connectivity index (χ0v) is 10.6. The van der Waals surface area contributed by atoms with Crippen LogP contribution in [0.2, 0.25) is 0 Å². The van der Waals surface area contributed by atoms with Gasteiger partial charge in [-0.25, -0.2) is 0 Å². The van der Waals surface area contributed by atoms with Crippen molar-refractivity contribution in [3.05, 3.63) is 12.7 Å². The number of rotatable bonds is 3. The Balaban J connectivity index is 0.000000241. The molecule has 0 aliphatic heterocycles. The van der Waals surface area contributed by atoms with E-state index in [2.05, 4.69) is 34.3 Å². The minimum absolute atomic E-state index is 0.713. The van der Waals surface area contributed by atoms with Crippen LogP contribution in [0.3, 0.4) is 0 Å². The van der Waals surface area contributed by atoms with Crippen molar-refractivity contribution in [1.29, 1.82) is 0 Å². The van der Waals surface area contributed by atoms with Crippen LogP contribution in [-0.2, 0) is 0 Å². The van der Waals surface area contributed by atoms with E-state index in [1.807, 2.05) is 6.08 Å². The molecule has 0 amide bonds. The monoisotopic (exact) mass is 196 g/mol. The molecular formula is C14H28. The molecule has 3 atom stereocenters. The van der Waals surface area contributed by atoms with E-state index in [1.54, 1.807) is 0 Å². The van der Waals surface area contributed by atoms with Gasteiger partial charge in [0.1, 0.15) is 0 Å². The first kappa shape index (κ1) is 13.7. The van der Waals surface area contributed by atoms with Crippen LogP contribution >= 0.6 is 0 Å². The summed E-state index contributed by atoms with van der Waals surface area (Å²) in [5.74, 6) is 2.74. The average molecular weight is 196 g/mol. The van der Waals surface area contributed by atoms with Gasteiger partial charge < -0.3 is 0 Å². The summed E-state index contributed by atoms with van der Waals surface area (Å²) >= 11 is 0. The molecule has 0 heteroatoms. The molecule has 0 spiro atoms. The van der Waals surface area contributed by atoms with Gasteiger partial charge in [0.2, 0.25) is 0 Å². The van der Waals surface area contributed by atoms with E-state index in [0.717, 1.165) is 11.8 Å². The van der Waals surface area contributed by atoms with Crippen LogP contribution < -0.4 is 0 Å². The van der Waals surface area contributed by atoms with Crippen molar-refractivity contribution in [3.63, 3.8) is 0 Å². The van der Waals surface area contributed by atoms with Crippen LogP contribution in [0.1, 0.15) is 59.8 Å². The van der Waals surface area contributed by atoms with Crippen molar-refractivity contribution >= 4 is 0 Å². The van der Waals surface area contributed by atoms with Gasteiger partial charge in [-0.15, -0.1) is 6.58 Å². The Morgan fingerprint density at radius 2 is 1.79 bits per heavy atom. The van der Waals surface area contributed by atoms with Crippen molar-refractivity contribution in [2.75, 3.05) is 0 Å². The highest BCUT2D eigenvalue weighted by molar-refractivity contribution is 4.73. The Kier molecular flexibility index (Phi) is 7.93. The topological polar surface area (TPSA) is 0 Å². The molecule has 0 nitrogen and oxygen atoms in total. The molecule has 84 valence electrons. The van der Waals surface area contributed by atoms with Crippen LogP contribution in [0, 0.1) is 17.8 Å². The summed E-state index contributed by atoms with van der Waals surface area (Å²) in [4.78, 5) is 0. The number of allylic oxidation sites excluding steroid dienone is 1. The lowest BCUT2D eigenvalue weighted by Gasteiger charge is -2.05. The van der Waals surface area contributed by atoms with Crippen LogP contribution in [0.25, 0.3) is 0 Å². The number of hydrogen-bond donors (Lipinski definition) is 0. The van der Waals surface area contributed by atoms with Gasteiger partial charge in [0.15, 0.2) is 0 Å². The average Bonchev–Trinajstić information content (AvgIpc) is 2.52. The van der Waals surface area contributed by atoms with E-state index >= 15 is 0 Å². The molecule has 0 radical (unpaired) electrons. The van der Waals surface area contributed by atoms with Crippen LogP contribution in [-0.4, -0.2) is 0 Å². The molecular weight excluding hydrogens is 168 g/mol. The first-order valence-electron chi connectivity index (χ1n) is 6.24. The lowest BCUT2D eigenvalue weighted by Crippen LogP contribution is -1.95. The Morgan fingerprint density at radius 3 is 1.93 bits per heavy atom. The predicted molar refractivity (Wildman–Crippen MR) is 66.4 cm³/mol. The normalized spacial score (nSPS) is 27.7. The van der Waals surface area contributed by atoms with E-state index in [1.165, 1.54) is 32.1 Å². The first-order valence-corrected chi connectivity index (χ1v) is 6.24. The fraction of sp³-hybridized carbons (Fsp3) is 0.857. The molecule has 0 heterocycles. The third kappa shape index (κ3) is 6.23. The molecule has 0 bridgehead atoms. The molecule has 0 N–H and O–H groups in total. The fourth-order valence-corrected chi connectivity index (χ4v) is 1.90. The third-order valence-corrected chi connectivity index (χ3v) is 3.44. The zero-order valence-electron chi connectivity index (χ0n) is 10.6. The van der Waals surface area contributed by atoms with Crippen molar-refractivity contribution in [2.45, 2.75) is 59.8 Å². The summed E-state index contributed by atoms with van der Waals surface area (Å²) in [6.45, 7) is 12.8. The molecule has 1 rings (SSSR count). The Morgan fingerprint density at radius 1 is 1.29 bits per heavy atom. The molecule has 1 fully saturated rings. The minimum Gasteiger partial charge on any atom is -0.103 e. The van der Waals surface area contributed by atoms with Crippen molar-refractivity contribution in [2.24, 2.45) is 17.8 Å². The lowest BCUT2D eigenvalue weighted by atomic mass is 10.0. The van der Waals surface area contributed by atoms with Crippen molar-refractivity contribution < 1.29 is 0 Å². The Bertz CT molecular complexity index is 129. The van der Waals surface area contributed by atoms with Gasteiger partial charge in [-0.2, -0.15) is 0 Å². The third-order valence-electron chi connectivity index (χ3n) is 3.44.